The summed E-state index contributed by atoms with van der Waals surface area (Å²) in [6.07, 6.45) is 4.23. The minimum absolute atomic E-state index is 0.0326. The zero-order valence-corrected chi connectivity index (χ0v) is 13.2. The number of benzene rings is 1. The number of hydrogen-bond acceptors (Lipinski definition) is 4. The van der Waals surface area contributed by atoms with E-state index in [4.69, 9.17) is 14.2 Å². The Morgan fingerprint density at radius 3 is 2.91 bits per heavy atom. The Balaban J connectivity index is 1.77. The lowest BCUT2D eigenvalue weighted by Gasteiger charge is -2.59. The lowest BCUT2D eigenvalue weighted by Crippen LogP contribution is -2.70. The molecule has 1 aromatic carbocycles. The molecule has 4 heteroatoms. The Kier molecular flexibility index (Phi) is 2.58. The first-order chi connectivity index (χ1) is 10.7. The molecule has 0 amide bonds. The standard InChI is InChI=1S/C18H23NO3/c1-20-18(21-2)7-6-12-13-10-11-4-3-5-14-15(11)17(12,8-9-19-13)16(18)22-14/h3-5,12-13,16,19H,6-10H2,1-2H3. The molecule has 2 heterocycles. The van der Waals surface area contributed by atoms with E-state index in [1.807, 2.05) is 0 Å². The molecule has 118 valence electrons. The summed E-state index contributed by atoms with van der Waals surface area (Å²) in [4.78, 5) is 0. The molecule has 4 nitrogen and oxygen atoms in total. The normalized spacial score (nSPS) is 40.0. The maximum absolute atomic E-state index is 6.50. The summed E-state index contributed by atoms with van der Waals surface area (Å²) in [6, 6.07) is 7.09. The molecular formula is C18H23NO3. The van der Waals surface area contributed by atoms with Gasteiger partial charge in [-0.05, 0) is 43.4 Å². The van der Waals surface area contributed by atoms with E-state index in [1.54, 1.807) is 14.2 Å². The third-order valence-electron chi connectivity index (χ3n) is 6.72. The first kappa shape index (κ1) is 13.3. The van der Waals surface area contributed by atoms with Crippen LogP contribution in [0.1, 0.15) is 30.4 Å². The number of rotatable bonds is 2. The van der Waals surface area contributed by atoms with Crippen molar-refractivity contribution >= 4 is 0 Å². The second-order valence-electron chi connectivity index (χ2n) is 7.21. The summed E-state index contributed by atoms with van der Waals surface area (Å²) in [6.45, 7) is 1.05. The van der Waals surface area contributed by atoms with Crippen molar-refractivity contribution in [1.82, 2.24) is 5.32 Å². The first-order valence-corrected chi connectivity index (χ1v) is 8.38. The van der Waals surface area contributed by atoms with Gasteiger partial charge in [0.05, 0.1) is 0 Å². The fourth-order valence-electron chi connectivity index (χ4n) is 5.91. The van der Waals surface area contributed by atoms with E-state index in [1.165, 1.54) is 11.1 Å². The summed E-state index contributed by atoms with van der Waals surface area (Å²) >= 11 is 0. The minimum atomic E-state index is -0.619. The van der Waals surface area contributed by atoms with Gasteiger partial charge in [-0.25, -0.2) is 0 Å². The zero-order valence-electron chi connectivity index (χ0n) is 13.2. The van der Waals surface area contributed by atoms with E-state index in [9.17, 15) is 0 Å². The van der Waals surface area contributed by atoms with Crippen molar-refractivity contribution in [1.29, 1.82) is 0 Å². The van der Waals surface area contributed by atoms with Crippen LogP contribution < -0.4 is 10.1 Å². The Morgan fingerprint density at radius 1 is 1.23 bits per heavy atom. The van der Waals surface area contributed by atoms with Crippen molar-refractivity contribution in [2.24, 2.45) is 5.92 Å². The van der Waals surface area contributed by atoms with Crippen LogP contribution in [0.3, 0.4) is 0 Å². The first-order valence-electron chi connectivity index (χ1n) is 8.38. The molecule has 1 aromatic rings. The summed E-state index contributed by atoms with van der Waals surface area (Å²) in [7, 11) is 3.52. The monoisotopic (exact) mass is 301 g/mol. The Labute approximate surface area is 131 Å². The maximum Gasteiger partial charge on any atom is 0.206 e. The highest BCUT2D eigenvalue weighted by atomic mass is 16.7. The largest absolute Gasteiger partial charge is 0.484 e. The van der Waals surface area contributed by atoms with Crippen LogP contribution >= 0.6 is 0 Å². The lowest BCUT2D eigenvalue weighted by atomic mass is 9.51. The smallest absolute Gasteiger partial charge is 0.206 e. The molecule has 2 aliphatic carbocycles. The van der Waals surface area contributed by atoms with Crippen molar-refractivity contribution in [3.8, 4) is 5.75 Å². The van der Waals surface area contributed by atoms with Crippen LogP contribution in [-0.4, -0.2) is 38.7 Å². The molecule has 0 radical (unpaired) electrons. The Hall–Kier alpha value is -1.10. The minimum Gasteiger partial charge on any atom is -0.484 e. The number of ether oxygens (including phenoxy) is 3. The highest BCUT2D eigenvalue weighted by Gasteiger charge is 2.69. The molecule has 1 saturated heterocycles. The second kappa shape index (κ2) is 4.25. The number of hydrogen-bond donors (Lipinski definition) is 1. The molecule has 2 aliphatic heterocycles. The SMILES string of the molecule is COC1(OC)CCC2C3Cc4cccc5c4C2(CCN3)C1O5. The predicted molar refractivity (Wildman–Crippen MR) is 82.1 cm³/mol. The van der Waals surface area contributed by atoms with E-state index in [2.05, 4.69) is 23.5 Å². The Morgan fingerprint density at radius 2 is 2.09 bits per heavy atom. The molecule has 4 unspecified atom stereocenters. The molecular weight excluding hydrogens is 278 g/mol. The highest BCUT2D eigenvalue weighted by Crippen LogP contribution is 2.63. The van der Waals surface area contributed by atoms with Crippen LogP contribution in [0.25, 0.3) is 0 Å². The van der Waals surface area contributed by atoms with E-state index < -0.39 is 5.79 Å². The zero-order chi connectivity index (χ0) is 14.9. The van der Waals surface area contributed by atoms with E-state index in [-0.39, 0.29) is 11.5 Å². The van der Waals surface area contributed by atoms with E-state index in [0.29, 0.717) is 12.0 Å². The van der Waals surface area contributed by atoms with Crippen LogP contribution in [0.2, 0.25) is 0 Å². The lowest BCUT2D eigenvalue weighted by molar-refractivity contribution is -0.288. The molecule has 22 heavy (non-hydrogen) atoms. The van der Waals surface area contributed by atoms with Crippen molar-refractivity contribution in [3.05, 3.63) is 29.3 Å². The van der Waals surface area contributed by atoms with Crippen molar-refractivity contribution in [2.75, 3.05) is 20.8 Å². The highest BCUT2D eigenvalue weighted by molar-refractivity contribution is 5.55. The molecule has 1 N–H and O–H groups in total. The molecule has 1 saturated carbocycles. The number of piperidine rings is 1. The van der Waals surface area contributed by atoms with Crippen molar-refractivity contribution in [2.45, 2.75) is 49.0 Å². The predicted octanol–water partition coefficient (Wildman–Crippen LogP) is 2.00. The molecule has 4 atom stereocenters. The van der Waals surface area contributed by atoms with Crippen LogP contribution in [0.4, 0.5) is 0 Å². The van der Waals surface area contributed by atoms with Crippen LogP contribution in [-0.2, 0) is 21.3 Å². The van der Waals surface area contributed by atoms with Gasteiger partial charge in [-0.3, -0.25) is 0 Å². The van der Waals surface area contributed by atoms with E-state index >= 15 is 0 Å². The molecule has 5 rings (SSSR count). The molecule has 2 bridgehead atoms. The van der Waals surface area contributed by atoms with Gasteiger partial charge in [-0.2, -0.15) is 0 Å². The van der Waals surface area contributed by atoms with Gasteiger partial charge in [0.2, 0.25) is 5.79 Å². The third kappa shape index (κ3) is 1.31. The Bertz CT molecular complexity index is 627. The topological polar surface area (TPSA) is 39.7 Å². The molecule has 0 aromatic heterocycles. The fourth-order valence-corrected chi connectivity index (χ4v) is 5.91. The van der Waals surface area contributed by atoms with Gasteiger partial charge >= 0.3 is 0 Å². The quantitative estimate of drug-likeness (QED) is 0.848. The van der Waals surface area contributed by atoms with Crippen LogP contribution in [0, 0.1) is 5.92 Å². The van der Waals surface area contributed by atoms with Gasteiger partial charge < -0.3 is 19.5 Å². The summed E-state index contributed by atoms with van der Waals surface area (Å²) in [5.74, 6) is 1.07. The molecule has 4 aliphatic rings. The molecule has 1 spiro atoms. The van der Waals surface area contributed by atoms with Crippen molar-refractivity contribution < 1.29 is 14.2 Å². The fraction of sp³-hybridized carbons (Fsp3) is 0.667. The number of methoxy groups -OCH3 is 2. The summed E-state index contributed by atoms with van der Waals surface area (Å²) in [5, 5.41) is 3.76. The van der Waals surface area contributed by atoms with Gasteiger partial charge in [-0.15, -0.1) is 0 Å². The van der Waals surface area contributed by atoms with Gasteiger partial charge in [0, 0.05) is 37.7 Å². The average molecular weight is 301 g/mol. The third-order valence-corrected chi connectivity index (χ3v) is 6.72. The average Bonchev–Trinajstić information content (AvgIpc) is 2.88. The second-order valence-corrected chi connectivity index (χ2v) is 7.21. The summed E-state index contributed by atoms with van der Waals surface area (Å²) < 4.78 is 18.3. The van der Waals surface area contributed by atoms with Gasteiger partial charge in [0.1, 0.15) is 5.75 Å². The van der Waals surface area contributed by atoms with Gasteiger partial charge in [0.25, 0.3) is 0 Å². The van der Waals surface area contributed by atoms with Crippen LogP contribution in [0.15, 0.2) is 18.2 Å². The summed E-state index contributed by atoms with van der Waals surface area (Å²) in [5.41, 5.74) is 2.97. The molecule has 2 fully saturated rings. The van der Waals surface area contributed by atoms with E-state index in [0.717, 1.165) is 38.0 Å². The van der Waals surface area contributed by atoms with Gasteiger partial charge in [0.15, 0.2) is 6.10 Å². The van der Waals surface area contributed by atoms with Crippen molar-refractivity contribution in [3.63, 3.8) is 0 Å². The number of nitrogens with one attached hydrogen (secondary N) is 1. The maximum atomic E-state index is 6.50. The van der Waals surface area contributed by atoms with Gasteiger partial charge in [-0.1, -0.05) is 12.1 Å². The van der Waals surface area contributed by atoms with Crippen LogP contribution in [0.5, 0.6) is 5.75 Å².